The Kier molecular flexibility index (Phi) is 1.48. The Morgan fingerprint density at radius 2 is 2.50 bits per heavy atom. The van der Waals surface area contributed by atoms with Crippen molar-refractivity contribution in [2.24, 2.45) is 12.0 Å². The third-order valence-electron chi connectivity index (χ3n) is 0.951. The van der Waals surface area contributed by atoms with Gasteiger partial charge in [0.25, 0.3) is 0 Å². The molecule has 1 rings (SSSR count). The van der Waals surface area contributed by atoms with Crippen LogP contribution in [0.2, 0.25) is 0 Å². The summed E-state index contributed by atoms with van der Waals surface area (Å²) in [5.41, 5.74) is 0. The van der Waals surface area contributed by atoms with E-state index in [2.05, 4.69) is 4.99 Å². The van der Waals surface area contributed by atoms with Gasteiger partial charge in [-0.1, -0.05) is 0 Å². The van der Waals surface area contributed by atoms with Crippen LogP contribution in [0.5, 0.6) is 0 Å². The van der Waals surface area contributed by atoms with Crippen molar-refractivity contribution in [2.45, 2.75) is 0 Å². The number of thiazole rings is 1. The molecule has 3 heteroatoms. The maximum Gasteiger partial charge on any atom is 0.184 e. The SMILES string of the molecule is C/N=c1/sccn1C. The molecule has 1 heterocycles. The average Bonchev–Trinajstić information content (AvgIpc) is 2.14. The largest absolute Gasteiger partial charge is 0.327 e. The van der Waals surface area contributed by atoms with Crippen LogP contribution in [0.15, 0.2) is 16.6 Å². The van der Waals surface area contributed by atoms with Gasteiger partial charge < -0.3 is 4.57 Å². The normalized spacial score (nSPS) is 12.5. The third-order valence-corrected chi connectivity index (χ3v) is 1.89. The van der Waals surface area contributed by atoms with E-state index in [0.717, 1.165) is 4.80 Å². The van der Waals surface area contributed by atoms with Crippen molar-refractivity contribution in [2.75, 3.05) is 7.05 Å². The minimum atomic E-state index is 1.06. The highest BCUT2D eigenvalue weighted by Gasteiger charge is 1.81. The van der Waals surface area contributed by atoms with Crippen molar-refractivity contribution in [1.29, 1.82) is 0 Å². The van der Waals surface area contributed by atoms with Crippen LogP contribution in [0.1, 0.15) is 0 Å². The quantitative estimate of drug-likeness (QED) is 0.487. The fourth-order valence-electron chi connectivity index (χ4n) is 0.540. The van der Waals surface area contributed by atoms with Crippen LogP contribution in [-0.2, 0) is 7.05 Å². The summed E-state index contributed by atoms with van der Waals surface area (Å²) >= 11 is 1.65. The van der Waals surface area contributed by atoms with Crippen molar-refractivity contribution in [3.05, 3.63) is 16.4 Å². The van der Waals surface area contributed by atoms with Crippen LogP contribution < -0.4 is 4.80 Å². The van der Waals surface area contributed by atoms with Crippen LogP contribution >= 0.6 is 11.3 Å². The van der Waals surface area contributed by atoms with Crippen molar-refractivity contribution in [3.63, 3.8) is 0 Å². The van der Waals surface area contributed by atoms with Crippen LogP contribution in [0.4, 0.5) is 0 Å². The van der Waals surface area contributed by atoms with Gasteiger partial charge >= 0.3 is 0 Å². The third kappa shape index (κ3) is 0.816. The zero-order valence-corrected chi connectivity index (χ0v) is 5.77. The van der Waals surface area contributed by atoms with Crippen LogP contribution in [0.3, 0.4) is 0 Å². The van der Waals surface area contributed by atoms with Crippen molar-refractivity contribution in [3.8, 4) is 0 Å². The van der Waals surface area contributed by atoms with Gasteiger partial charge in [0.2, 0.25) is 0 Å². The number of hydrogen-bond acceptors (Lipinski definition) is 2. The molecule has 0 N–H and O–H groups in total. The molecule has 0 aliphatic carbocycles. The summed E-state index contributed by atoms with van der Waals surface area (Å²) in [6.45, 7) is 0. The van der Waals surface area contributed by atoms with Crippen LogP contribution in [0, 0.1) is 0 Å². The fraction of sp³-hybridized carbons (Fsp3) is 0.400. The summed E-state index contributed by atoms with van der Waals surface area (Å²) in [5, 5.41) is 2.02. The first-order chi connectivity index (χ1) is 3.84. The minimum absolute atomic E-state index is 1.06. The van der Waals surface area contributed by atoms with E-state index in [-0.39, 0.29) is 0 Å². The monoisotopic (exact) mass is 128 g/mol. The Bertz CT molecular complexity index is 220. The molecule has 0 spiro atoms. The fourth-order valence-corrected chi connectivity index (χ4v) is 1.24. The van der Waals surface area contributed by atoms with Gasteiger partial charge in [0.15, 0.2) is 4.80 Å². The first kappa shape index (κ1) is 5.56. The molecule has 1 aromatic heterocycles. The average molecular weight is 128 g/mol. The summed E-state index contributed by atoms with van der Waals surface area (Å²) in [4.78, 5) is 5.07. The van der Waals surface area contributed by atoms with E-state index in [1.54, 1.807) is 18.4 Å². The van der Waals surface area contributed by atoms with Crippen LogP contribution in [-0.4, -0.2) is 11.6 Å². The number of aromatic nitrogens is 1. The molecule has 0 aliphatic rings. The molecule has 0 amide bonds. The Morgan fingerprint density at radius 1 is 1.75 bits per heavy atom. The molecule has 0 fully saturated rings. The molecular formula is C5H8N2S. The van der Waals surface area contributed by atoms with E-state index < -0.39 is 0 Å². The molecule has 0 aromatic carbocycles. The second-order valence-electron chi connectivity index (χ2n) is 1.52. The van der Waals surface area contributed by atoms with Crippen LogP contribution in [0.25, 0.3) is 0 Å². The summed E-state index contributed by atoms with van der Waals surface area (Å²) in [7, 11) is 3.78. The lowest BCUT2D eigenvalue weighted by Crippen LogP contribution is -2.07. The van der Waals surface area contributed by atoms with Gasteiger partial charge in [-0.05, 0) is 0 Å². The van der Waals surface area contributed by atoms with E-state index in [0.29, 0.717) is 0 Å². The lowest BCUT2D eigenvalue weighted by Gasteiger charge is -1.83. The Balaban J connectivity index is 3.31. The van der Waals surface area contributed by atoms with E-state index in [9.17, 15) is 0 Å². The van der Waals surface area contributed by atoms with Gasteiger partial charge in [-0.2, -0.15) is 0 Å². The molecule has 0 radical (unpaired) electrons. The smallest absolute Gasteiger partial charge is 0.184 e. The molecule has 0 unspecified atom stereocenters. The number of nitrogens with zero attached hydrogens (tertiary/aromatic N) is 2. The highest BCUT2D eigenvalue weighted by Crippen LogP contribution is 1.83. The first-order valence-corrected chi connectivity index (χ1v) is 3.25. The molecule has 0 saturated heterocycles. The van der Waals surface area contributed by atoms with E-state index in [1.165, 1.54) is 0 Å². The number of rotatable bonds is 0. The van der Waals surface area contributed by atoms with E-state index >= 15 is 0 Å². The summed E-state index contributed by atoms with van der Waals surface area (Å²) < 4.78 is 1.99. The van der Waals surface area contributed by atoms with Gasteiger partial charge in [-0.3, -0.25) is 4.99 Å². The van der Waals surface area contributed by atoms with Gasteiger partial charge in [0, 0.05) is 25.7 Å². The maximum atomic E-state index is 4.01. The highest BCUT2D eigenvalue weighted by atomic mass is 32.1. The lowest BCUT2D eigenvalue weighted by atomic mass is 10.9. The van der Waals surface area contributed by atoms with E-state index in [4.69, 9.17) is 0 Å². The second kappa shape index (κ2) is 2.13. The van der Waals surface area contributed by atoms with Gasteiger partial charge in [0.05, 0.1) is 0 Å². The molecule has 0 aliphatic heterocycles. The molecular weight excluding hydrogens is 120 g/mol. The standard InChI is InChI=1S/C5H8N2S/c1-6-5-7(2)3-4-8-5/h3-4H,1-2H3/b6-5+. The zero-order chi connectivity index (χ0) is 5.98. The van der Waals surface area contributed by atoms with Gasteiger partial charge in [-0.25, -0.2) is 0 Å². The Hall–Kier alpha value is -0.570. The number of hydrogen-bond donors (Lipinski definition) is 0. The highest BCUT2D eigenvalue weighted by molar-refractivity contribution is 7.07. The maximum absolute atomic E-state index is 4.01. The minimum Gasteiger partial charge on any atom is -0.327 e. The predicted octanol–water partition coefficient (Wildman–Crippen LogP) is 0.617. The molecule has 2 nitrogen and oxygen atoms in total. The Morgan fingerprint density at radius 3 is 2.75 bits per heavy atom. The molecule has 0 saturated carbocycles. The second-order valence-corrected chi connectivity index (χ2v) is 2.39. The molecule has 44 valence electrons. The molecule has 1 aromatic rings. The first-order valence-electron chi connectivity index (χ1n) is 2.37. The van der Waals surface area contributed by atoms with Gasteiger partial charge in [-0.15, -0.1) is 11.3 Å². The molecule has 0 bridgehead atoms. The molecule has 8 heavy (non-hydrogen) atoms. The van der Waals surface area contributed by atoms with Crippen molar-refractivity contribution in [1.82, 2.24) is 4.57 Å². The summed E-state index contributed by atoms with van der Waals surface area (Å²) in [6.07, 6.45) is 1.99. The zero-order valence-electron chi connectivity index (χ0n) is 4.96. The predicted molar refractivity (Wildman–Crippen MR) is 34.8 cm³/mol. The lowest BCUT2D eigenvalue weighted by molar-refractivity contribution is 0.867. The Labute approximate surface area is 52.1 Å². The van der Waals surface area contributed by atoms with E-state index in [1.807, 2.05) is 23.2 Å². The topological polar surface area (TPSA) is 17.3 Å². The summed E-state index contributed by atoms with van der Waals surface area (Å²) in [5.74, 6) is 0. The van der Waals surface area contributed by atoms with Crippen molar-refractivity contribution >= 4 is 11.3 Å². The molecule has 0 atom stereocenters. The van der Waals surface area contributed by atoms with Crippen molar-refractivity contribution < 1.29 is 0 Å². The van der Waals surface area contributed by atoms with Gasteiger partial charge in [0.1, 0.15) is 0 Å². The number of aryl methyl sites for hydroxylation is 1. The summed E-state index contributed by atoms with van der Waals surface area (Å²) in [6, 6.07) is 0.